The number of aliphatic hydroxyl groups excluding tert-OH is 2. The average Bonchev–Trinajstić information content (AvgIpc) is 2.46. The molecular weight excluding hydrogens is 174 g/mol. The molecule has 0 spiro atoms. The van der Waals surface area contributed by atoms with Crippen molar-refractivity contribution < 1.29 is 14.9 Å². The van der Waals surface area contributed by atoms with Gasteiger partial charge in [-0.15, -0.1) is 0 Å². The van der Waals surface area contributed by atoms with Crippen molar-refractivity contribution in [3.8, 4) is 0 Å². The van der Waals surface area contributed by atoms with Gasteiger partial charge in [-0.2, -0.15) is 0 Å². The lowest BCUT2D eigenvalue weighted by atomic mass is 10.1. The van der Waals surface area contributed by atoms with Gasteiger partial charge in [-0.25, -0.2) is 0 Å². The van der Waals surface area contributed by atoms with Gasteiger partial charge in [0, 0.05) is 4.91 Å². The first-order valence-corrected chi connectivity index (χ1v) is 4.17. The first-order chi connectivity index (χ1) is 6.19. The molecule has 0 aromatic heterocycles. The molecule has 6 heteroatoms. The van der Waals surface area contributed by atoms with E-state index in [1.165, 1.54) is 0 Å². The Hall–Kier alpha value is -0.810. The van der Waals surface area contributed by atoms with Crippen LogP contribution >= 0.6 is 0 Å². The van der Waals surface area contributed by atoms with E-state index < -0.39 is 12.2 Å². The first-order valence-electron chi connectivity index (χ1n) is 4.17. The molecule has 4 atom stereocenters. The summed E-state index contributed by atoms with van der Waals surface area (Å²) in [6.07, 6.45) is -0.996. The molecule has 0 amide bonds. The summed E-state index contributed by atoms with van der Waals surface area (Å²) in [5.74, 6) is 0. The summed E-state index contributed by atoms with van der Waals surface area (Å²) in [5.41, 5.74) is 8.24. The molecule has 0 aromatic carbocycles. The topological polar surface area (TPSA) is 98.5 Å². The molecule has 1 aliphatic rings. The zero-order valence-corrected chi connectivity index (χ0v) is 7.37. The second-order valence-electron chi connectivity index (χ2n) is 3.17. The second-order valence-corrected chi connectivity index (χ2v) is 3.17. The maximum Gasteiger partial charge on any atom is 0.104 e. The predicted molar refractivity (Wildman–Crippen MR) is 45.0 cm³/mol. The van der Waals surface area contributed by atoms with Crippen molar-refractivity contribution in [2.24, 2.45) is 5.11 Å². The molecule has 13 heavy (non-hydrogen) atoms. The van der Waals surface area contributed by atoms with Gasteiger partial charge < -0.3 is 14.9 Å². The molecule has 1 saturated heterocycles. The molecule has 0 aliphatic carbocycles. The number of hydrogen-bond donors (Lipinski definition) is 2. The Kier molecular flexibility index (Phi) is 3.50. The molecule has 0 radical (unpaired) electrons. The van der Waals surface area contributed by atoms with E-state index in [0.717, 1.165) is 0 Å². The quantitative estimate of drug-likeness (QED) is 0.375. The monoisotopic (exact) mass is 187 g/mol. The van der Waals surface area contributed by atoms with Gasteiger partial charge in [0.1, 0.15) is 6.10 Å². The second kappa shape index (κ2) is 4.43. The molecule has 1 heterocycles. The lowest BCUT2D eigenvalue weighted by Gasteiger charge is -2.18. The molecule has 0 aromatic rings. The number of rotatable bonds is 3. The SMILES string of the molecule is CC1C[C@@H](N=[N+]=[N-])[C@@H](C(O)CO)O1. The van der Waals surface area contributed by atoms with E-state index in [0.29, 0.717) is 6.42 Å². The lowest BCUT2D eigenvalue weighted by molar-refractivity contribution is -0.0529. The zero-order chi connectivity index (χ0) is 9.84. The maximum absolute atomic E-state index is 9.31. The highest BCUT2D eigenvalue weighted by Gasteiger charge is 2.36. The van der Waals surface area contributed by atoms with Crippen molar-refractivity contribution in [2.75, 3.05) is 6.61 Å². The van der Waals surface area contributed by atoms with Gasteiger partial charge in [0.15, 0.2) is 0 Å². The largest absolute Gasteiger partial charge is 0.394 e. The molecule has 2 unspecified atom stereocenters. The van der Waals surface area contributed by atoms with Gasteiger partial charge in [-0.3, -0.25) is 0 Å². The van der Waals surface area contributed by atoms with Gasteiger partial charge in [-0.1, -0.05) is 5.11 Å². The van der Waals surface area contributed by atoms with Crippen molar-refractivity contribution in [1.29, 1.82) is 0 Å². The van der Waals surface area contributed by atoms with Crippen molar-refractivity contribution in [3.05, 3.63) is 10.4 Å². The minimum atomic E-state index is -0.972. The third-order valence-corrected chi connectivity index (χ3v) is 2.11. The number of azide groups is 1. The van der Waals surface area contributed by atoms with Crippen LogP contribution in [0, 0.1) is 0 Å². The number of hydrogen-bond acceptors (Lipinski definition) is 4. The first kappa shape index (κ1) is 10.3. The average molecular weight is 187 g/mol. The molecule has 1 rings (SSSR count). The molecule has 1 fully saturated rings. The number of nitrogens with zero attached hydrogens (tertiary/aromatic N) is 3. The summed E-state index contributed by atoms with van der Waals surface area (Å²) >= 11 is 0. The van der Waals surface area contributed by atoms with Crippen LogP contribution in [0.5, 0.6) is 0 Å². The van der Waals surface area contributed by atoms with Crippen LogP contribution in [0.3, 0.4) is 0 Å². The smallest absolute Gasteiger partial charge is 0.104 e. The normalized spacial score (nSPS) is 35.5. The van der Waals surface area contributed by atoms with E-state index in [9.17, 15) is 5.11 Å². The van der Waals surface area contributed by atoms with Gasteiger partial charge in [0.05, 0.1) is 24.9 Å². The zero-order valence-electron chi connectivity index (χ0n) is 7.37. The molecule has 74 valence electrons. The minimum absolute atomic E-state index is 0.0401. The van der Waals surface area contributed by atoms with Gasteiger partial charge in [0.25, 0.3) is 0 Å². The van der Waals surface area contributed by atoms with Crippen LogP contribution in [0.4, 0.5) is 0 Å². The Morgan fingerprint density at radius 3 is 3.00 bits per heavy atom. The van der Waals surface area contributed by atoms with Gasteiger partial charge in [0.2, 0.25) is 0 Å². The van der Waals surface area contributed by atoms with Crippen LogP contribution in [0.2, 0.25) is 0 Å². The van der Waals surface area contributed by atoms with Crippen molar-refractivity contribution in [1.82, 2.24) is 0 Å². The van der Waals surface area contributed by atoms with Crippen LogP contribution in [0.15, 0.2) is 5.11 Å². The van der Waals surface area contributed by atoms with Crippen LogP contribution in [0.1, 0.15) is 13.3 Å². The van der Waals surface area contributed by atoms with E-state index in [2.05, 4.69) is 10.0 Å². The fourth-order valence-electron chi connectivity index (χ4n) is 1.52. The molecular formula is C7H13N3O3. The summed E-state index contributed by atoms with van der Waals surface area (Å²) < 4.78 is 5.30. The van der Waals surface area contributed by atoms with Crippen LogP contribution < -0.4 is 0 Å². The van der Waals surface area contributed by atoms with Gasteiger partial charge in [-0.05, 0) is 18.9 Å². The highest BCUT2D eigenvalue weighted by molar-refractivity contribution is 4.90. The van der Waals surface area contributed by atoms with E-state index in [1.807, 2.05) is 6.92 Å². The Morgan fingerprint density at radius 2 is 2.46 bits per heavy atom. The Balaban J connectivity index is 2.65. The molecule has 1 aliphatic heterocycles. The molecule has 2 N–H and O–H groups in total. The minimum Gasteiger partial charge on any atom is -0.394 e. The molecule has 0 saturated carbocycles. The standard InChI is InChI=1S/C7H13N3O3/c1-4-2-5(9-10-8)7(13-4)6(12)3-11/h4-7,11-12H,2-3H2,1H3/t4?,5-,6?,7+/m1/s1. The molecule has 6 nitrogen and oxygen atoms in total. The fourth-order valence-corrected chi connectivity index (χ4v) is 1.52. The maximum atomic E-state index is 9.31. The van der Waals surface area contributed by atoms with Crippen LogP contribution in [0.25, 0.3) is 10.4 Å². The van der Waals surface area contributed by atoms with Crippen molar-refractivity contribution >= 4 is 0 Å². The third kappa shape index (κ3) is 2.32. The van der Waals surface area contributed by atoms with Crippen molar-refractivity contribution in [2.45, 2.75) is 37.7 Å². The van der Waals surface area contributed by atoms with E-state index in [-0.39, 0.29) is 18.8 Å². The van der Waals surface area contributed by atoms with E-state index >= 15 is 0 Å². The van der Waals surface area contributed by atoms with E-state index in [4.69, 9.17) is 15.4 Å². The van der Waals surface area contributed by atoms with Crippen LogP contribution in [-0.4, -0.2) is 41.2 Å². The van der Waals surface area contributed by atoms with E-state index in [1.54, 1.807) is 0 Å². The summed E-state index contributed by atoms with van der Waals surface area (Å²) in [5, 5.41) is 21.5. The third-order valence-electron chi connectivity index (χ3n) is 2.11. The number of ether oxygens (including phenoxy) is 1. The highest BCUT2D eigenvalue weighted by Crippen LogP contribution is 2.25. The summed E-state index contributed by atoms with van der Waals surface area (Å²) in [4.78, 5) is 2.67. The van der Waals surface area contributed by atoms with Crippen molar-refractivity contribution in [3.63, 3.8) is 0 Å². The highest BCUT2D eigenvalue weighted by atomic mass is 16.5. The number of aliphatic hydroxyl groups is 2. The Bertz CT molecular complexity index is 217. The Morgan fingerprint density at radius 1 is 1.77 bits per heavy atom. The summed E-state index contributed by atoms with van der Waals surface area (Å²) in [6.45, 7) is 1.46. The molecule has 0 bridgehead atoms. The predicted octanol–water partition coefficient (Wildman–Crippen LogP) is 0.196. The van der Waals surface area contributed by atoms with Crippen LogP contribution in [-0.2, 0) is 4.74 Å². The Labute approximate surface area is 75.8 Å². The fraction of sp³-hybridized carbons (Fsp3) is 1.00. The summed E-state index contributed by atoms with van der Waals surface area (Å²) in [6, 6.07) is -0.373. The van der Waals surface area contributed by atoms with Gasteiger partial charge >= 0.3 is 0 Å². The summed E-state index contributed by atoms with van der Waals surface area (Å²) in [7, 11) is 0. The lowest BCUT2D eigenvalue weighted by Crippen LogP contribution is -2.36.